The Hall–Kier alpha value is -4.08. The first-order valence-electron chi connectivity index (χ1n) is 8.20. The van der Waals surface area contributed by atoms with Crippen molar-refractivity contribution >= 4 is 23.2 Å². The van der Waals surface area contributed by atoms with E-state index in [1.54, 1.807) is 49.5 Å². The molecule has 0 bridgehead atoms. The Balaban J connectivity index is 1.86. The second-order valence-electron chi connectivity index (χ2n) is 5.35. The van der Waals surface area contributed by atoms with Crippen LogP contribution in [0.25, 0.3) is 0 Å². The fourth-order valence-electron chi connectivity index (χ4n) is 2.25. The summed E-state index contributed by atoms with van der Waals surface area (Å²) in [6.07, 6.45) is 4.11. The molecule has 0 fully saturated rings. The van der Waals surface area contributed by atoms with Gasteiger partial charge in [0.05, 0.1) is 23.3 Å². The zero-order valence-corrected chi connectivity index (χ0v) is 14.7. The summed E-state index contributed by atoms with van der Waals surface area (Å²) < 4.78 is 10.4. The number of nitro groups is 1. The average Bonchev–Trinajstić information content (AvgIpc) is 2.69. The number of carbonyl (C=O) groups is 1. The van der Waals surface area contributed by atoms with Crippen LogP contribution in [0.2, 0.25) is 0 Å². The molecule has 10 heteroatoms. The highest BCUT2D eigenvalue weighted by Gasteiger charge is 2.25. The first kappa shape index (κ1) is 18.7. The van der Waals surface area contributed by atoms with Crippen LogP contribution in [0.15, 0.2) is 55.1 Å². The lowest BCUT2D eigenvalue weighted by molar-refractivity contribution is -0.385. The van der Waals surface area contributed by atoms with Gasteiger partial charge in [-0.05, 0) is 43.3 Å². The Bertz CT molecular complexity index is 979. The largest absolute Gasteiger partial charge is 0.462 e. The van der Waals surface area contributed by atoms with Crippen LogP contribution in [0.4, 0.5) is 17.2 Å². The molecule has 0 spiro atoms. The van der Waals surface area contributed by atoms with Crippen LogP contribution in [0.5, 0.6) is 11.6 Å². The van der Waals surface area contributed by atoms with E-state index in [4.69, 9.17) is 9.47 Å². The first-order chi connectivity index (χ1) is 13.6. The van der Waals surface area contributed by atoms with Crippen molar-refractivity contribution in [1.82, 2.24) is 15.0 Å². The van der Waals surface area contributed by atoms with Crippen LogP contribution in [0, 0.1) is 10.1 Å². The number of aromatic nitrogens is 3. The normalized spacial score (nSPS) is 10.2. The average molecular weight is 381 g/mol. The maximum absolute atomic E-state index is 11.7. The number of ether oxygens (including phenoxy) is 2. The van der Waals surface area contributed by atoms with Crippen molar-refractivity contribution in [2.75, 3.05) is 11.9 Å². The lowest BCUT2D eigenvalue weighted by Gasteiger charge is -2.09. The topological polar surface area (TPSA) is 129 Å². The summed E-state index contributed by atoms with van der Waals surface area (Å²) in [4.78, 5) is 34.3. The van der Waals surface area contributed by atoms with Gasteiger partial charge in [0.25, 0.3) is 0 Å². The van der Waals surface area contributed by atoms with E-state index in [0.717, 1.165) is 6.33 Å². The van der Waals surface area contributed by atoms with Crippen molar-refractivity contribution in [3.05, 3.63) is 70.8 Å². The lowest BCUT2D eigenvalue weighted by atomic mass is 10.2. The number of nitrogens with zero attached hydrogens (tertiary/aromatic N) is 4. The van der Waals surface area contributed by atoms with E-state index in [0.29, 0.717) is 17.0 Å². The van der Waals surface area contributed by atoms with Gasteiger partial charge >= 0.3 is 17.5 Å². The molecule has 0 saturated heterocycles. The van der Waals surface area contributed by atoms with E-state index in [1.165, 1.54) is 6.20 Å². The quantitative estimate of drug-likeness (QED) is 0.371. The van der Waals surface area contributed by atoms with Gasteiger partial charge in [-0.25, -0.2) is 9.78 Å². The number of rotatable bonds is 7. The Morgan fingerprint density at radius 1 is 1.21 bits per heavy atom. The molecule has 28 heavy (non-hydrogen) atoms. The number of esters is 1. The molecule has 142 valence electrons. The maximum atomic E-state index is 11.7. The maximum Gasteiger partial charge on any atom is 0.373 e. The standard InChI is InChI=1S/C18H15N5O5/c1-2-27-18(24)12-5-7-13(8-6-12)22-16-15(23(25)26)17(21-11-20-16)28-14-4-3-9-19-10-14/h3-11H,2H2,1H3,(H,20,21,22). The summed E-state index contributed by atoms with van der Waals surface area (Å²) >= 11 is 0. The molecule has 0 unspecified atom stereocenters. The van der Waals surface area contributed by atoms with E-state index in [9.17, 15) is 14.9 Å². The highest BCUT2D eigenvalue weighted by molar-refractivity contribution is 5.90. The van der Waals surface area contributed by atoms with E-state index in [1.807, 2.05) is 0 Å². The molecule has 0 saturated carbocycles. The van der Waals surface area contributed by atoms with E-state index in [-0.39, 0.29) is 18.3 Å². The van der Waals surface area contributed by atoms with Gasteiger partial charge in [0.1, 0.15) is 12.1 Å². The van der Waals surface area contributed by atoms with Crippen molar-refractivity contribution in [2.45, 2.75) is 6.92 Å². The first-order valence-corrected chi connectivity index (χ1v) is 8.20. The third-order valence-corrected chi connectivity index (χ3v) is 3.48. The molecule has 0 radical (unpaired) electrons. The third-order valence-electron chi connectivity index (χ3n) is 3.48. The Morgan fingerprint density at radius 2 is 2.00 bits per heavy atom. The second-order valence-corrected chi connectivity index (χ2v) is 5.35. The molecular weight excluding hydrogens is 366 g/mol. The van der Waals surface area contributed by atoms with Crippen molar-refractivity contribution in [3.63, 3.8) is 0 Å². The summed E-state index contributed by atoms with van der Waals surface area (Å²) in [6.45, 7) is 1.99. The van der Waals surface area contributed by atoms with Crippen LogP contribution in [-0.4, -0.2) is 32.5 Å². The second kappa shape index (κ2) is 8.54. The van der Waals surface area contributed by atoms with Crippen molar-refractivity contribution in [1.29, 1.82) is 0 Å². The van der Waals surface area contributed by atoms with Crippen molar-refractivity contribution in [2.24, 2.45) is 0 Å². The van der Waals surface area contributed by atoms with Gasteiger partial charge in [-0.3, -0.25) is 15.1 Å². The number of carbonyl (C=O) groups excluding carboxylic acids is 1. The summed E-state index contributed by atoms with van der Waals surface area (Å²) in [5, 5.41) is 14.4. The van der Waals surface area contributed by atoms with E-state index in [2.05, 4.69) is 20.3 Å². The minimum Gasteiger partial charge on any atom is -0.462 e. The predicted molar refractivity (Wildman–Crippen MR) is 98.7 cm³/mol. The van der Waals surface area contributed by atoms with E-state index >= 15 is 0 Å². The number of anilines is 2. The smallest absolute Gasteiger partial charge is 0.373 e. The van der Waals surface area contributed by atoms with Crippen LogP contribution in [-0.2, 0) is 4.74 Å². The molecule has 2 heterocycles. The summed E-state index contributed by atoms with van der Waals surface area (Å²) in [7, 11) is 0. The third kappa shape index (κ3) is 4.36. The molecule has 3 rings (SSSR count). The minimum absolute atomic E-state index is 0.0530. The van der Waals surface area contributed by atoms with Crippen LogP contribution in [0.1, 0.15) is 17.3 Å². The molecule has 1 aromatic carbocycles. The molecule has 3 aromatic rings. The Kier molecular flexibility index (Phi) is 5.70. The number of hydrogen-bond acceptors (Lipinski definition) is 9. The van der Waals surface area contributed by atoms with Gasteiger partial charge in [0.15, 0.2) is 0 Å². The molecule has 1 N–H and O–H groups in total. The van der Waals surface area contributed by atoms with Gasteiger partial charge in [-0.15, -0.1) is 0 Å². The molecule has 0 amide bonds. The van der Waals surface area contributed by atoms with Gasteiger partial charge in [-0.1, -0.05) is 0 Å². The fourth-order valence-corrected chi connectivity index (χ4v) is 2.25. The van der Waals surface area contributed by atoms with Crippen LogP contribution < -0.4 is 10.1 Å². The number of benzene rings is 1. The SMILES string of the molecule is CCOC(=O)c1ccc(Nc2ncnc(Oc3cccnc3)c2[N+](=O)[O-])cc1. The zero-order valence-electron chi connectivity index (χ0n) is 14.7. The molecule has 10 nitrogen and oxygen atoms in total. The van der Waals surface area contributed by atoms with Crippen LogP contribution >= 0.6 is 0 Å². The molecule has 0 aliphatic carbocycles. The fraction of sp³-hybridized carbons (Fsp3) is 0.111. The number of pyridine rings is 1. The lowest BCUT2D eigenvalue weighted by Crippen LogP contribution is -2.05. The van der Waals surface area contributed by atoms with Crippen molar-refractivity contribution < 1.29 is 19.2 Å². The Labute approximate surface area is 159 Å². The highest BCUT2D eigenvalue weighted by Crippen LogP contribution is 2.35. The minimum atomic E-state index is -0.638. The summed E-state index contributed by atoms with van der Waals surface area (Å²) in [5.41, 5.74) is 0.424. The Morgan fingerprint density at radius 3 is 2.64 bits per heavy atom. The number of nitrogens with one attached hydrogen (secondary N) is 1. The molecule has 2 aromatic heterocycles. The summed E-state index contributed by atoms with van der Waals surface area (Å²) in [5.74, 6) is -0.426. The van der Waals surface area contributed by atoms with E-state index < -0.39 is 16.6 Å². The van der Waals surface area contributed by atoms with Crippen molar-refractivity contribution in [3.8, 4) is 11.6 Å². The molecular formula is C18H15N5O5. The summed E-state index contributed by atoms with van der Waals surface area (Å²) in [6, 6.07) is 9.48. The zero-order chi connectivity index (χ0) is 19.9. The predicted octanol–water partition coefficient (Wildman–Crippen LogP) is 3.49. The van der Waals surface area contributed by atoms with Gasteiger partial charge < -0.3 is 14.8 Å². The van der Waals surface area contributed by atoms with Gasteiger partial charge in [-0.2, -0.15) is 4.98 Å². The molecule has 0 atom stereocenters. The monoisotopic (exact) mass is 381 g/mol. The van der Waals surface area contributed by atoms with Crippen LogP contribution in [0.3, 0.4) is 0 Å². The molecule has 0 aliphatic rings. The van der Waals surface area contributed by atoms with Gasteiger partial charge in [0, 0.05) is 11.9 Å². The van der Waals surface area contributed by atoms with Gasteiger partial charge in [0.2, 0.25) is 5.82 Å². The number of hydrogen-bond donors (Lipinski definition) is 1. The molecule has 0 aliphatic heterocycles. The highest BCUT2D eigenvalue weighted by atomic mass is 16.6.